The molecule has 0 radical (unpaired) electrons. The summed E-state index contributed by atoms with van der Waals surface area (Å²) in [6, 6.07) is 18.5. The van der Waals surface area contributed by atoms with E-state index in [4.69, 9.17) is 0 Å². The summed E-state index contributed by atoms with van der Waals surface area (Å²) in [5, 5.41) is 77.6. The number of halogens is 3. The number of pyridine rings is 1. The second kappa shape index (κ2) is 11.3. The summed E-state index contributed by atoms with van der Waals surface area (Å²) in [5.74, 6) is -3.72. The average molecular weight is 561 g/mol. The summed E-state index contributed by atoms with van der Waals surface area (Å²) in [4.78, 5) is 4.16. The lowest BCUT2D eigenvalue weighted by Gasteiger charge is -2.19. The fourth-order valence-electron chi connectivity index (χ4n) is 4.43. The monoisotopic (exact) mass is 561 g/mol. The Bertz CT molecular complexity index is 2150. The van der Waals surface area contributed by atoms with Crippen molar-refractivity contribution < 1.29 is 13.2 Å². The molecule has 1 heterocycles. The Morgan fingerprint density at radius 1 is 0.395 bits per heavy atom. The molecule has 0 atom stereocenters. The fourth-order valence-corrected chi connectivity index (χ4v) is 4.43. The van der Waals surface area contributed by atoms with Crippen LogP contribution in [0.25, 0.3) is 33.6 Å². The van der Waals surface area contributed by atoms with E-state index in [-0.39, 0.29) is 16.7 Å². The lowest BCUT2D eigenvalue weighted by atomic mass is 9.85. The lowest BCUT2D eigenvalue weighted by molar-refractivity contribution is 0.628. The average Bonchev–Trinajstić information content (AvgIpc) is 3.02. The van der Waals surface area contributed by atoms with Crippen molar-refractivity contribution in [2.75, 3.05) is 0 Å². The molecule has 0 fully saturated rings. The van der Waals surface area contributed by atoms with E-state index in [9.17, 15) is 42.1 Å². The Hall–Kier alpha value is -7.48. The molecule has 0 bridgehead atoms. The first-order valence-corrected chi connectivity index (χ1v) is 11.5. The van der Waals surface area contributed by atoms with Crippen molar-refractivity contribution in [1.82, 2.24) is 4.98 Å². The molecule has 3 aromatic carbocycles. The molecule has 0 aliphatic carbocycles. The van der Waals surface area contributed by atoms with Crippen LogP contribution in [-0.4, -0.2) is 4.98 Å². The molecule has 0 saturated heterocycles. The highest BCUT2D eigenvalue weighted by molar-refractivity contribution is 5.93. The number of hydrogen-bond donors (Lipinski definition) is 0. The molecule has 0 amide bonds. The van der Waals surface area contributed by atoms with E-state index in [1.165, 1.54) is 0 Å². The van der Waals surface area contributed by atoms with Crippen molar-refractivity contribution >= 4 is 0 Å². The van der Waals surface area contributed by atoms with Crippen LogP contribution in [0.2, 0.25) is 0 Å². The second-order valence-electron chi connectivity index (χ2n) is 8.47. The molecule has 0 aliphatic rings. The van der Waals surface area contributed by atoms with Gasteiger partial charge in [-0.2, -0.15) is 42.1 Å². The van der Waals surface area contributed by atoms with Gasteiger partial charge < -0.3 is 0 Å². The van der Waals surface area contributed by atoms with Gasteiger partial charge in [-0.3, -0.25) is 0 Å². The van der Waals surface area contributed by atoms with Gasteiger partial charge in [-0.15, -0.1) is 0 Å². The van der Waals surface area contributed by atoms with Gasteiger partial charge in [0.05, 0.1) is 103 Å². The first-order valence-electron chi connectivity index (χ1n) is 11.5. The maximum absolute atomic E-state index is 15.7. The van der Waals surface area contributed by atoms with E-state index in [2.05, 4.69) is 4.98 Å². The summed E-state index contributed by atoms with van der Waals surface area (Å²) in [6.07, 6.45) is 0. The topological polar surface area (TPSA) is 203 Å². The van der Waals surface area contributed by atoms with Gasteiger partial charge in [-0.05, 0) is 36.4 Å². The molecule has 0 unspecified atom stereocenters. The molecule has 196 valence electrons. The minimum Gasteiger partial charge on any atom is -0.245 e. The molecule has 9 nitrogen and oxygen atoms in total. The summed E-state index contributed by atoms with van der Waals surface area (Å²) in [7, 11) is 0. The Morgan fingerprint density at radius 2 is 0.721 bits per heavy atom. The summed E-state index contributed by atoms with van der Waals surface area (Å²) < 4.78 is 46.7. The number of benzene rings is 3. The molecular weight excluding hydrogens is 555 g/mol. The van der Waals surface area contributed by atoms with Gasteiger partial charge in [0.25, 0.3) is 0 Å². The lowest BCUT2D eigenvalue weighted by Crippen LogP contribution is -2.08. The normalized spacial score (nSPS) is 9.56. The van der Waals surface area contributed by atoms with Crippen LogP contribution in [0.15, 0.2) is 36.4 Å². The van der Waals surface area contributed by atoms with E-state index in [0.717, 1.165) is 30.3 Å². The van der Waals surface area contributed by atoms with Crippen LogP contribution in [0.3, 0.4) is 0 Å². The minimum atomic E-state index is -1.26. The third-order valence-electron chi connectivity index (χ3n) is 6.16. The quantitative estimate of drug-likeness (QED) is 0.310. The van der Waals surface area contributed by atoms with Crippen molar-refractivity contribution in [3.05, 3.63) is 98.4 Å². The Morgan fingerprint density at radius 3 is 1.02 bits per heavy atom. The van der Waals surface area contributed by atoms with E-state index in [1.54, 1.807) is 48.6 Å². The summed E-state index contributed by atoms with van der Waals surface area (Å²) in [5.41, 5.74) is -7.95. The predicted octanol–water partition coefficient (Wildman–Crippen LogP) is 5.47. The predicted molar refractivity (Wildman–Crippen MR) is 138 cm³/mol. The zero-order valence-electron chi connectivity index (χ0n) is 21.1. The van der Waals surface area contributed by atoms with Crippen LogP contribution >= 0.6 is 0 Å². The highest BCUT2D eigenvalue weighted by Crippen LogP contribution is 2.43. The summed E-state index contributed by atoms with van der Waals surface area (Å²) >= 11 is 0. The molecule has 43 heavy (non-hydrogen) atoms. The highest BCUT2D eigenvalue weighted by atomic mass is 19.1. The van der Waals surface area contributed by atoms with Crippen LogP contribution in [-0.2, 0) is 0 Å². The smallest absolute Gasteiger partial charge is 0.135 e. The first kappa shape index (κ1) is 28.5. The Balaban J connectivity index is 2.39. The largest absolute Gasteiger partial charge is 0.245 e. The van der Waals surface area contributed by atoms with Crippen LogP contribution < -0.4 is 0 Å². The SMILES string of the molecule is N#Cc1cc(F)c(-c2nc(-c3c(F)cc(C#N)cc3C#N)c(C#N)c(-c3c(F)cc(C#N)cc3C#N)c2C#N)c(C#N)c1. The van der Waals surface area contributed by atoms with Gasteiger partial charge in [0.15, 0.2) is 0 Å². The van der Waals surface area contributed by atoms with E-state index >= 15 is 13.2 Å². The second-order valence-corrected chi connectivity index (χ2v) is 8.47. The molecule has 12 heteroatoms. The van der Waals surface area contributed by atoms with Crippen molar-refractivity contribution in [2.24, 2.45) is 0 Å². The Labute approximate surface area is 240 Å². The van der Waals surface area contributed by atoms with Crippen LogP contribution in [0.5, 0.6) is 0 Å². The minimum absolute atomic E-state index is 0.278. The first-order chi connectivity index (χ1) is 20.7. The number of hydrogen-bond acceptors (Lipinski definition) is 9. The molecule has 1 aromatic heterocycles. The van der Waals surface area contributed by atoms with Gasteiger partial charge in [0.1, 0.15) is 29.6 Å². The maximum atomic E-state index is 15.7. The van der Waals surface area contributed by atoms with Crippen molar-refractivity contribution in [1.29, 1.82) is 42.1 Å². The number of aromatic nitrogens is 1. The van der Waals surface area contributed by atoms with Gasteiger partial charge >= 0.3 is 0 Å². The van der Waals surface area contributed by atoms with Crippen molar-refractivity contribution in [3.63, 3.8) is 0 Å². The number of nitriles is 8. The van der Waals surface area contributed by atoms with Crippen LogP contribution in [0.4, 0.5) is 13.2 Å². The highest BCUT2D eigenvalue weighted by Gasteiger charge is 2.31. The molecular formula is C31H6F3N9. The van der Waals surface area contributed by atoms with Crippen LogP contribution in [0, 0.1) is 108 Å². The van der Waals surface area contributed by atoms with Gasteiger partial charge in [0, 0.05) is 11.1 Å². The third kappa shape index (κ3) is 4.66. The molecule has 4 rings (SSSR count). The molecule has 0 N–H and O–H groups in total. The zero-order valence-corrected chi connectivity index (χ0v) is 21.1. The zero-order chi connectivity index (χ0) is 31.4. The maximum Gasteiger partial charge on any atom is 0.135 e. The van der Waals surface area contributed by atoms with Crippen molar-refractivity contribution in [3.8, 4) is 82.2 Å². The van der Waals surface area contributed by atoms with Gasteiger partial charge in [-0.1, -0.05) is 0 Å². The third-order valence-corrected chi connectivity index (χ3v) is 6.16. The molecule has 0 aliphatic heterocycles. The van der Waals surface area contributed by atoms with Gasteiger partial charge in [0.2, 0.25) is 0 Å². The Kier molecular flexibility index (Phi) is 7.51. The van der Waals surface area contributed by atoms with Gasteiger partial charge in [-0.25, -0.2) is 18.2 Å². The van der Waals surface area contributed by atoms with Crippen LogP contribution in [0.1, 0.15) is 44.5 Å². The van der Waals surface area contributed by atoms with Crippen molar-refractivity contribution in [2.45, 2.75) is 0 Å². The number of nitrogens with zero attached hydrogens (tertiary/aromatic N) is 9. The summed E-state index contributed by atoms with van der Waals surface area (Å²) in [6.45, 7) is 0. The fraction of sp³-hybridized carbons (Fsp3) is 0. The standard InChI is InChI=1S/C31H6F3N9/c32-23-4-15(7-35)1-18(10-38)26(23)29-21(13-41)30(27-19(11-39)2-16(8-36)5-24(27)33)43-31(22(29)14-42)28-20(12-40)3-17(9-37)6-25(28)34/h1-6H. The van der Waals surface area contributed by atoms with E-state index < -0.39 is 78.9 Å². The van der Waals surface area contributed by atoms with E-state index in [0.29, 0.717) is 6.07 Å². The molecule has 0 spiro atoms. The number of rotatable bonds is 3. The van der Waals surface area contributed by atoms with E-state index in [1.807, 2.05) is 0 Å². The molecule has 4 aromatic rings. The molecule has 0 saturated carbocycles.